The van der Waals surface area contributed by atoms with Gasteiger partial charge in [-0.25, -0.2) is 9.47 Å². The van der Waals surface area contributed by atoms with Crippen molar-refractivity contribution in [1.82, 2.24) is 25.5 Å². The van der Waals surface area contributed by atoms with Gasteiger partial charge in [0.25, 0.3) is 0 Å². The van der Waals surface area contributed by atoms with Gasteiger partial charge in [0.15, 0.2) is 5.82 Å². The number of imide groups is 1. The van der Waals surface area contributed by atoms with E-state index in [1.54, 1.807) is 0 Å². The number of rotatable bonds is 5. The van der Waals surface area contributed by atoms with Crippen molar-refractivity contribution in [3.63, 3.8) is 0 Å². The second-order valence-electron chi connectivity index (χ2n) is 6.33. The molecule has 4 N–H and O–H groups in total. The zero-order chi connectivity index (χ0) is 18.5. The molecular weight excluding hydrogens is 372 g/mol. The molecular formula is C16H22N6O2S2. The van der Waals surface area contributed by atoms with Crippen LogP contribution in [-0.4, -0.2) is 38.6 Å². The normalized spacial score (nSPS) is 19.9. The summed E-state index contributed by atoms with van der Waals surface area (Å²) in [6.07, 6.45) is 4.37. The van der Waals surface area contributed by atoms with Crippen molar-refractivity contribution in [2.24, 2.45) is 5.92 Å². The number of hydrogen-bond donors (Lipinski definition) is 3. The molecule has 1 aliphatic carbocycles. The molecule has 0 spiro atoms. The van der Waals surface area contributed by atoms with Crippen LogP contribution in [0.2, 0.25) is 0 Å². The Labute approximate surface area is 159 Å². The van der Waals surface area contributed by atoms with Gasteiger partial charge >= 0.3 is 6.03 Å². The average Bonchev–Trinajstić information content (AvgIpc) is 3.25. The van der Waals surface area contributed by atoms with Crippen molar-refractivity contribution >= 4 is 35.0 Å². The largest absolute Gasteiger partial charge is 0.335 e. The fraction of sp³-hybridized carbons (Fsp3) is 0.500. The molecule has 0 radical (unpaired) electrons. The highest BCUT2D eigenvalue weighted by Crippen LogP contribution is 2.25. The minimum Gasteiger partial charge on any atom is -0.335 e. The first-order valence-corrected chi connectivity index (χ1v) is 10.4. The van der Waals surface area contributed by atoms with E-state index in [2.05, 4.69) is 27.8 Å². The van der Waals surface area contributed by atoms with Crippen molar-refractivity contribution in [3.8, 4) is 10.7 Å². The Kier molecular flexibility index (Phi) is 6.15. The van der Waals surface area contributed by atoms with Crippen molar-refractivity contribution in [2.75, 3.05) is 11.6 Å². The first kappa shape index (κ1) is 18.7. The molecule has 2 aromatic rings. The minimum atomic E-state index is -0.442. The number of nitrogens with one attached hydrogen (secondary N) is 2. The summed E-state index contributed by atoms with van der Waals surface area (Å²) >= 11 is 2.65. The predicted octanol–water partition coefficient (Wildman–Crippen LogP) is 2.22. The summed E-state index contributed by atoms with van der Waals surface area (Å²) in [6, 6.07) is 3.49. The van der Waals surface area contributed by atoms with Gasteiger partial charge < -0.3 is 11.2 Å². The maximum Gasteiger partial charge on any atom is 0.321 e. The molecule has 2 heterocycles. The van der Waals surface area contributed by atoms with Crippen molar-refractivity contribution in [2.45, 2.75) is 43.8 Å². The van der Waals surface area contributed by atoms with Crippen LogP contribution < -0.4 is 16.5 Å². The third-order valence-electron chi connectivity index (χ3n) is 4.42. The van der Waals surface area contributed by atoms with Gasteiger partial charge in [0, 0.05) is 6.04 Å². The Bertz CT molecular complexity index is 761. The number of amides is 3. The van der Waals surface area contributed by atoms with Crippen LogP contribution in [0, 0.1) is 5.92 Å². The molecule has 140 valence electrons. The van der Waals surface area contributed by atoms with E-state index in [1.807, 2.05) is 17.5 Å². The van der Waals surface area contributed by atoms with Crippen LogP contribution in [0.1, 0.15) is 32.6 Å². The molecule has 0 saturated heterocycles. The van der Waals surface area contributed by atoms with Crippen LogP contribution in [-0.2, 0) is 4.79 Å². The van der Waals surface area contributed by atoms with E-state index in [9.17, 15) is 9.59 Å². The zero-order valence-electron chi connectivity index (χ0n) is 14.5. The lowest BCUT2D eigenvalue weighted by Gasteiger charge is -2.29. The number of aromatic nitrogens is 3. The van der Waals surface area contributed by atoms with Gasteiger partial charge in [-0.15, -0.1) is 21.5 Å². The molecule has 1 saturated carbocycles. The predicted molar refractivity (Wildman–Crippen MR) is 102 cm³/mol. The van der Waals surface area contributed by atoms with Crippen LogP contribution in [0.4, 0.5) is 4.79 Å². The summed E-state index contributed by atoms with van der Waals surface area (Å²) in [5.74, 6) is 6.61. The number of urea groups is 1. The second-order valence-corrected chi connectivity index (χ2v) is 8.22. The lowest BCUT2D eigenvalue weighted by atomic mass is 9.86. The van der Waals surface area contributed by atoms with Crippen LogP contribution in [0.15, 0.2) is 22.7 Å². The van der Waals surface area contributed by atoms with E-state index in [4.69, 9.17) is 5.84 Å². The zero-order valence-corrected chi connectivity index (χ0v) is 16.1. The summed E-state index contributed by atoms with van der Waals surface area (Å²) in [4.78, 5) is 24.9. The third-order valence-corrected chi connectivity index (χ3v) is 6.23. The number of carbonyl (C=O) groups excluding carboxylic acids is 2. The molecule has 10 heteroatoms. The fourth-order valence-electron chi connectivity index (χ4n) is 2.98. The van der Waals surface area contributed by atoms with E-state index in [0.29, 0.717) is 16.9 Å². The van der Waals surface area contributed by atoms with Crippen LogP contribution in [0.3, 0.4) is 0 Å². The van der Waals surface area contributed by atoms with E-state index in [0.717, 1.165) is 35.9 Å². The number of nitrogens with zero attached hydrogens (tertiary/aromatic N) is 3. The maximum atomic E-state index is 12.0. The Morgan fingerprint density at radius 2 is 2.19 bits per heavy atom. The number of thioether (sulfide) groups is 1. The quantitative estimate of drug-likeness (QED) is 0.529. The number of nitrogen functional groups attached to an aromatic ring is 1. The summed E-state index contributed by atoms with van der Waals surface area (Å²) < 4.78 is 1.35. The topological polar surface area (TPSA) is 115 Å². The smallest absolute Gasteiger partial charge is 0.321 e. The van der Waals surface area contributed by atoms with E-state index >= 15 is 0 Å². The van der Waals surface area contributed by atoms with E-state index in [-0.39, 0.29) is 11.8 Å². The van der Waals surface area contributed by atoms with Gasteiger partial charge in [-0.2, -0.15) is 0 Å². The highest BCUT2D eigenvalue weighted by molar-refractivity contribution is 7.99. The molecule has 2 aromatic heterocycles. The lowest BCUT2D eigenvalue weighted by Crippen LogP contribution is -2.48. The van der Waals surface area contributed by atoms with Gasteiger partial charge in [0.2, 0.25) is 11.1 Å². The van der Waals surface area contributed by atoms with E-state index in [1.165, 1.54) is 22.4 Å². The van der Waals surface area contributed by atoms with Crippen molar-refractivity contribution in [3.05, 3.63) is 17.5 Å². The molecule has 1 aliphatic rings. The standard InChI is InChI=1S/C16H22N6O2S2/c1-10-5-2-3-6-11(10)18-15(24)19-13(23)9-26-16-21-20-14(22(16)17)12-7-4-8-25-12/h4,7-8,10-11H,2-3,5-6,9,17H2,1H3,(H2,18,19,23,24)/t10-,11-/m1/s1. The summed E-state index contributed by atoms with van der Waals surface area (Å²) in [7, 11) is 0. The fourth-order valence-corrected chi connectivity index (χ4v) is 4.34. The Morgan fingerprint density at radius 3 is 2.92 bits per heavy atom. The average molecular weight is 395 g/mol. The Hall–Kier alpha value is -2.07. The van der Waals surface area contributed by atoms with Gasteiger partial charge in [-0.3, -0.25) is 10.1 Å². The maximum absolute atomic E-state index is 12.0. The molecule has 8 nitrogen and oxygen atoms in total. The van der Waals surface area contributed by atoms with Crippen LogP contribution in [0.5, 0.6) is 0 Å². The monoisotopic (exact) mass is 394 g/mol. The van der Waals surface area contributed by atoms with Crippen LogP contribution >= 0.6 is 23.1 Å². The highest BCUT2D eigenvalue weighted by atomic mass is 32.2. The number of hydrogen-bond acceptors (Lipinski definition) is 7. The minimum absolute atomic E-state index is 0.0351. The molecule has 0 aromatic carbocycles. The van der Waals surface area contributed by atoms with E-state index < -0.39 is 11.9 Å². The molecule has 3 rings (SSSR count). The third kappa shape index (κ3) is 4.55. The number of carbonyl (C=O) groups is 2. The Morgan fingerprint density at radius 1 is 1.38 bits per heavy atom. The second kappa shape index (κ2) is 8.54. The lowest BCUT2D eigenvalue weighted by molar-refractivity contribution is -0.117. The van der Waals surface area contributed by atoms with Gasteiger partial charge in [0.05, 0.1) is 10.6 Å². The first-order chi connectivity index (χ1) is 12.5. The van der Waals surface area contributed by atoms with Crippen LogP contribution in [0.25, 0.3) is 10.7 Å². The molecule has 26 heavy (non-hydrogen) atoms. The van der Waals surface area contributed by atoms with Crippen molar-refractivity contribution < 1.29 is 9.59 Å². The summed E-state index contributed by atoms with van der Waals surface area (Å²) in [6.45, 7) is 2.13. The SMILES string of the molecule is C[C@@H]1CCCC[C@H]1NC(=O)NC(=O)CSc1nnc(-c2cccs2)n1N. The molecule has 0 unspecified atom stereocenters. The summed E-state index contributed by atoms with van der Waals surface area (Å²) in [5, 5.41) is 15.7. The van der Waals surface area contributed by atoms with Gasteiger partial charge in [-0.1, -0.05) is 37.6 Å². The molecule has 0 bridgehead atoms. The van der Waals surface area contributed by atoms with Crippen molar-refractivity contribution in [1.29, 1.82) is 0 Å². The highest BCUT2D eigenvalue weighted by Gasteiger charge is 2.23. The summed E-state index contributed by atoms with van der Waals surface area (Å²) in [5.41, 5.74) is 0. The number of nitrogens with two attached hydrogens (primary N) is 1. The first-order valence-electron chi connectivity index (χ1n) is 8.52. The molecule has 3 amide bonds. The van der Waals surface area contributed by atoms with Gasteiger partial charge in [0.1, 0.15) is 0 Å². The molecule has 0 aliphatic heterocycles. The molecule has 2 atom stereocenters. The Balaban J connectivity index is 1.47. The van der Waals surface area contributed by atoms with Gasteiger partial charge in [-0.05, 0) is 30.2 Å². The molecule has 1 fully saturated rings. The number of thiophene rings is 1.